The molecule has 8 heteroatoms. The second kappa shape index (κ2) is 8.40. The first-order valence-corrected chi connectivity index (χ1v) is 9.60. The van der Waals surface area contributed by atoms with Gasteiger partial charge in [-0.1, -0.05) is 37.1 Å². The van der Waals surface area contributed by atoms with Crippen LogP contribution in [0.1, 0.15) is 38.2 Å². The summed E-state index contributed by atoms with van der Waals surface area (Å²) in [4.78, 5) is 15.5. The van der Waals surface area contributed by atoms with Gasteiger partial charge >= 0.3 is 0 Å². The fourth-order valence-electron chi connectivity index (χ4n) is 3.40. The Morgan fingerprint density at radius 3 is 2.78 bits per heavy atom. The number of hydrogen-bond donors (Lipinski definition) is 1. The minimum Gasteiger partial charge on any atom is -0.332 e. The zero-order chi connectivity index (χ0) is 19.4. The average molecular weight is 387 g/mol. The highest BCUT2D eigenvalue weighted by Crippen LogP contribution is 2.25. The fraction of sp³-hybridized carbons (Fsp3) is 0.474. The summed E-state index contributed by atoms with van der Waals surface area (Å²) in [6.45, 7) is 3.60. The molecule has 27 heavy (non-hydrogen) atoms. The molecule has 0 bridgehead atoms. The molecule has 0 aromatic heterocycles. The highest BCUT2D eigenvalue weighted by molar-refractivity contribution is 6.30. The Kier molecular flexibility index (Phi) is 5.97. The minimum absolute atomic E-state index is 0.0477. The van der Waals surface area contributed by atoms with Gasteiger partial charge < -0.3 is 4.90 Å². The van der Waals surface area contributed by atoms with Crippen LogP contribution in [-0.4, -0.2) is 58.1 Å². The van der Waals surface area contributed by atoms with E-state index in [2.05, 4.69) is 11.3 Å². The monoisotopic (exact) mass is 386 g/mol. The van der Waals surface area contributed by atoms with Crippen LogP contribution < -0.4 is 0 Å². The van der Waals surface area contributed by atoms with Gasteiger partial charge in [-0.3, -0.25) is 10.2 Å². The first-order chi connectivity index (χ1) is 13.0. The highest BCUT2D eigenvalue weighted by atomic mass is 35.5. The number of amides is 1. The van der Waals surface area contributed by atoms with Crippen molar-refractivity contribution in [2.45, 2.75) is 38.6 Å². The molecule has 2 aliphatic heterocycles. The van der Waals surface area contributed by atoms with Crippen LogP contribution in [0.2, 0.25) is 5.02 Å². The molecule has 3 rings (SSSR count). The summed E-state index contributed by atoms with van der Waals surface area (Å²) >= 11 is 6.00. The molecule has 0 saturated carbocycles. The van der Waals surface area contributed by atoms with Crippen molar-refractivity contribution in [3.05, 3.63) is 34.9 Å². The quantitative estimate of drug-likeness (QED) is 0.365. The molecule has 2 aliphatic rings. The Bertz CT molecular complexity index is 784. The number of benzene rings is 1. The zero-order valence-corrected chi connectivity index (χ0v) is 16.1. The van der Waals surface area contributed by atoms with Crippen LogP contribution in [0.15, 0.2) is 29.4 Å². The third-order valence-electron chi connectivity index (χ3n) is 4.87. The van der Waals surface area contributed by atoms with Crippen LogP contribution in [0, 0.1) is 16.9 Å². The number of nitrogens with zero attached hydrogens (tertiary/aromatic N) is 5. The molecule has 7 nitrogen and oxygen atoms in total. The number of nitriles is 1. The van der Waals surface area contributed by atoms with Crippen LogP contribution in [-0.2, 0) is 4.79 Å². The van der Waals surface area contributed by atoms with E-state index in [0.29, 0.717) is 31.1 Å². The molecule has 0 spiro atoms. The van der Waals surface area contributed by atoms with E-state index in [9.17, 15) is 10.1 Å². The molecule has 142 valence electrons. The lowest BCUT2D eigenvalue weighted by Crippen LogP contribution is -2.46. The summed E-state index contributed by atoms with van der Waals surface area (Å²) in [6.07, 6.45) is 5.21. The number of guanidine groups is 1. The second-order valence-electron chi connectivity index (χ2n) is 6.71. The molecule has 0 radical (unpaired) electrons. The van der Waals surface area contributed by atoms with E-state index in [1.54, 1.807) is 12.1 Å². The highest BCUT2D eigenvalue weighted by Gasteiger charge is 2.39. The van der Waals surface area contributed by atoms with Crippen molar-refractivity contribution in [2.75, 3.05) is 19.6 Å². The van der Waals surface area contributed by atoms with Gasteiger partial charge in [-0.25, -0.2) is 9.91 Å². The van der Waals surface area contributed by atoms with Crippen molar-refractivity contribution in [1.82, 2.24) is 14.8 Å². The van der Waals surface area contributed by atoms with E-state index in [1.165, 1.54) is 9.91 Å². The number of rotatable bonds is 5. The third kappa shape index (κ3) is 4.06. The fourth-order valence-corrected chi connectivity index (χ4v) is 3.52. The molecule has 1 atom stereocenters. The van der Waals surface area contributed by atoms with Crippen LogP contribution in [0.25, 0.3) is 0 Å². The van der Waals surface area contributed by atoms with Crippen LogP contribution in [0.3, 0.4) is 0 Å². The molecule has 1 N–H and O–H groups in total. The molecule has 1 saturated heterocycles. The van der Waals surface area contributed by atoms with E-state index in [1.807, 2.05) is 24.0 Å². The maximum atomic E-state index is 12.3. The Balaban J connectivity index is 1.88. The second-order valence-corrected chi connectivity index (χ2v) is 7.15. The van der Waals surface area contributed by atoms with Crippen LogP contribution in [0.5, 0.6) is 0 Å². The predicted molar refractivity (Wildman–Crippen MR) is 104 cm³/mol. The maximum Gasteiger partial charge on any atom is 0.228 e. The number of carbonyl (C=O) groups is 1. The smallest absolute Gasteiger partial charge is 0.228 e. The van der Waals surface area contributed by atoms with E-state index >= 15 is 0 Å². The summed E-state index contributed by atoms with van der Waals surface area (Å²) in [5, 5.41) is 24.6. The largest absolute Gasteiger partial charge is 0.332 e. The standard InChI is InChI=1S/C19H23ClN6O/c1-2-3-10-24(13-21)19(22)26-12-16(25-11-4-5-17(25)27)18(23-26)14-6-8-15(20)9-7-14/h6-9,16,22H,2-5,10-12H2,1H3. The lowest BCUT2D eigenvalue weighted by Gasteiger charge is -2.27. The number of likely N-dealkylation sites (tertiary alicyclic amines) is 1. The molecule has 1 fully saturated rings. The molecular formula is C19H23ClN6O. The summed E-state index contributed by atoms with van der Waals surface area (Å²) in [7, 11) is 0. The zero-order valence-electron chi connectivity index (χ0n) is 15.4. The molecule has 1 aromatic carbocycles. The van der Waals surface area contributed by atoms with Crippen molar-refractivity contribution < 1.29 is 4.79 Å². The first kappa shape index (κ1) is 19.2. The topological polar surface area (TPSA) is 86.8 Å². The Hall–Kier alpha value is -2.59. The molecule has 1 aromatic rings. The van der Waals surface area contributed by atoms with Crippen molar-refractivity contribution in [2.24, 2.45) is 5.10 Å². The number of hydrazone groups is 1. The number of nitrogens with one attached hydrogen (secondary N) is 1. The summed E-state index contributed by atoms with van der Waals surface area (Å²) in [6, 6.07) is 7.10. The Labute approximate surface area is 164 Å². The molecule has 1 amide bonds. The van der Waals surface area contributed by atoms with Crippen molar-refractivity contribution >= 4 is 29.2 Å². The van der Waals surface area contributed by atoms with E-state index < -0.39 is 0 Å². The normalized spacial score (nSPS) is 19.2. The van der Waals surface area contributed by atoms with Crippen molar-refractivity contribution in [3.8, 4) is 6.19 Å². The Morgan fingerprint density at radius 1 is 1.44 bits per heavy atom. The van der Waals surface area contributed by atoms with Gasteiger partial charge in [0.15, 0.2) is 6.19 Å². The van der Waals surface area contributed by atoms with Crippen LogP contribution in [0.4, 0.5) is 0 Å². The van der Waals surface area contributed by atoms with Gasteiger partial charge in [-0.2, -0.15) is 10.4 Å². The molecular weight excluding hydrogens is 364 g/mol. The van der Waals surface area contributed by atoms with Gasteiger partial charge in [-0.05, 0) is 25.0 Å². The van der Waals surface area contributed by atoms with E-state index in [0.717, 1.165) is 30.5 Å². The number of hydrogen-bond acceptors (Lipinski definition) is 4. The number of halogens is 1. The van der Waals surface area contributed by atoms with E-state index in [-0.39, 0.29) is 17.9 Å². The molecule has 0 aliphatic carbocycles. The van der Waals surface area contributed by atoms with Gasteiger partial charge in [0.25, 0.3) is 0 Å². The number of unbranched alkanes of at least 4 members (excludes halogenated alkanes) is 1. The number of carbonyl (C=O) groups excluding carboxylic acids is 1. The van der Waals surface area contributed by atoms with Gasteiger partial charge in [-0.15, -0.1) is 0 Å². The van der Waals surface area contributed by atoms with E-state index in [4.69, 9.17) is 17.0 Å². The maximum absolute atomic E-state index is 12.3. The molecule has 1 unspecified atom stereocenters. The van der Waals surface area contributed by atoms with Gasteiger partial charge in [0, 0.05) is 30.1 Å². The Morgan fingerprint density at radius 2 is 2.19 bits per heavy atom. The van der Waals surface area contributed by atoms with Gasteiger partial charge in [0.05, 0.1) is 18.3 Å². The predicted octanol–water partition coefficient (Wildman–Crippen LogP) is 2.87. The molecule has 2 heterocycles. The van der Waals surface area contributed by atoms with Gasteiger partial charge in [0.1, 0.15) is 0 Å². The van der Waals surface area contributed by atoms with Crippen molar-refractivity contribution in [1.29, 1.82) is 10.7 Å². The summed E-state index contributed by atoms with van der Waals surface area (Å²) < 4.78 is 0. The summed E-state index contributed by atoms with van der Waals surface area (Å²) in [5.74, 6) is 0.157. The van der Waals surface area contributed by atoms with Crippen LogP contribution >= 0.6 is 11.6 Å². The summed E-state index contributed by atoms with van der Waals surface area (Å²) in [5.41, 5.74) is 1.61. The lowest BCUT2D eigenvalue weighted by molar-refractivity contribution is -0.128. The first-order valence-electron chi connectivity index (χ1n) is 9.22. The van der Waals surface area contributed by atoms with Gasteiger partial charge in [0.2, 0.25) is 11.9 Å². The lowest BCUT2D eigenvalue weighted by atomic mass is 10.0. The SMILES string of the molecule is CCCCN(C#N)C(=N)N1CC(N2CCCC2=O)C(c2ccc(Cl)cc2)=N1. The minimum atomic E-state index is -0.228. The third-order valence-corrected chi connectivity index (χ3v) is 5.12. The van der Waals surface area contributed by atoms with Crippen molar-refractivity contribution in [3.63, 3.8) is 0 Å². The average Bonchev–Trinajstić information content (AvgIpc) is 3.29.